The average Bonchev–Trinajstić information content (AvgIpc) is 3.40. The number of carboxylic acid groups (broad SMARTS) is 1. The highest BCUT2D eigenvalue weighted by Crippen LogP contribution is 2.42. The van der Waals surface area contributed by atoms with Crippen molar-refractivity contribution >= 4 is 11.9 Å². The predicted molar refractivity (Wildman–Crippen MR) is 149 cm³/mol. The summed E-state index contributed by atoms with van der Waals surface area (Å²) in [4.78, 5) is 25.1. The summed E-state index contributed by atoms with van der Waals surface area (Å²) < 4.78 is 18.7. The number of aliphatic hydroxyl groups is 1. The van der Waals surface area contributed by atoms with Gasteiger partial charge in [0.15, 0.2) is 6.29 Å². The lowest BCUT2D eigenvalue weighted by Gasteiger charge is -2.43. The van der Waals surface area contributed by atoms with E-state index in [2.05, 4.69) is 17.1 Å². The molecule has 0 aromatic heterocycles. The number of amides is 1. The molecule has 9 heteroatoms. The normalized spacial score (nSPS) is 25.1. The summed E-state index contributed by atoms with van der Waals surface area (Å²) in [5.41, 5.74) is 3.76. The van der Waals surface area contributed by atoms with Crippen LogP contribution < -0.4 is 5.32 Å². The summed E-state index contributed by atoms with van der Waals surface area (Å²) in [5.74, 6) is -0.952. The van der Waals surface area contributed by atoms with Gasteiger partial charge in [0, 0.05) is 50.6 Å². The molecule has 2 fully saturated rings. The van der Waals surface area contributed by atoms with Crippen LogP contribution in [0.1, 0.15) is 73.7 Å². The Balaban J connectivity index is 1.45. The van der Waals surface area contributed by atoms with Gasteiger partial charge in [-0.1, -0.05) is 55.5 Å². The van der Waals surface area contributed by atoms with Crippen LogP contribution in [0.5, 0.6) is 0 Å². The van der Waals surface area contributed by atoms with Gasteiger partial charge in [0.25, 0.3) is 0 Å². The Morgan fingerprint density at radius 3 is 2.40 bits per heavy atom. The Bertz CT molecular complexity index is 1090. The number of carbonyl (C=O) groups is 2. The third-order valence-corrected chi connectivity index (χ3v) is 7.93. The Morgan fingerprint density at radius 2 is 1.73 bits per heavy atom. The minimum absolute atomic E-state index is 0.000698. The third-order valence-electron chi connectivity index (χ3n) is 7.93. The Labute approximate surface area is 236 Å². The van der Waals surface area contributed by atoms with E-state index in [0.29, 0.717) is 25.6 Å². The minimum atomic E-state index is -0.896. The molecule has 4 rings (SSSR count). The van der Waals surface area contributed by atoms with Crippen molar-refractivity contribution in [1.29, 1.82) is 0 Å². The fourth-order valence-electron chi connectivity index (χ4n) is 5.56. The van der Waals surface area contributed by atoms with E-state index in [1.54, 1.807) is 7.11 Å². The molecule has 0 bridgehead atoms. The van der Waals surface area contributed by atoms with Crippen LogP contribution in [0.3, 0.4) is 0 Å². The first-order chi connectivity index (χ1) is 19.4. The monoisotopic (exact) mass is 554 g/mol. The number of aliphatic carboxylic acids is 1. The minimum Gasteiger partial charge on any atom is -0.481 e. The van der Waals surface area contributed by atoms with Gasteiger partial charge in [0.05, 0.1) is 25.4 Å². The summed E-state index contributed by atoms with van der Waals surface area (Å²) in [7, 11) is 1.75. The van der Waals surface area contributed by atoms with Gasteiger partial charge in [0.1, 0.15) is 0 Å². The number of hydrogen-bond donors (Lipinski definition) is 3. The van der Waals surface area contributed by atoms with Gasteiger partial charge in [-0.2, -0.15) is 0 Å². The SMILES string of the molecule is COC[C@@H]1CCCN1C[C@H]1O[C@@H](c2ccc(CNC(=O)CCCC(=O)O)cc2)O[C@@H](c2ccc(CO)cc2)[C@H]1C. The molecule has 0 spiro atoms. The van der Waals surface area contributed by atoms with Crippen LogP contribution in [0.4, 0.5) is 0 Å². The number of ether oxygens (including phenoxy) is 3. The number of benzene rings is 2. The molecule has 40 heavy (non-hydrogen) atoms. The van der Waals surface area contributed by atoms with Crippen molar-refractivity contribution in [3.05, 3.63) is 70.8 Å². The van der Waals surface area contributed by atoms with Crippen LogP contribution in [0.25, 0.3) is 0 Å². The second kappa shape index (κ2) is 14.7. The van der Waals surface area contributed by atoms with Gasteiger partial charge < -0.3 is 29.7 Å². The van der Waals surface area contributed by atoms with E-state index in [9.17, 15) is 14.7 Å². The van der Waals surface area contributed by atoms with Gasteiger partial charge in [0.2, 0.25) is 5.91 Å². The maximum atomic E-state index is 12.0. The number of nitrogens with zero attached hydrogens (tertiary/aromatic N) is 1. The van der Waals surface area contributed by atoms with Crippen molar-refractivity contribution < 1.29 is 34.0 Å². The number of nitrogens with one attached hydrogen (secondary N) is 1. The van der Waals surface area contributed by atoms with Crippen molar-refractivity contribution in [3.63, 3.8) is 0 Å². The van der Waals surface area contributed by atoms with Gasteiger partial charge >= 0.3 is 5.97 Å². The van der Waals surface area contributed by atoms with E-state index < -0.39 is 12.3 Å². The average molecular weight is 555 g/mol. The van der Waals surface area contributed by atoms with Crippen LogP contribution in [0.15, 0.2) is 48.5 Å². The topological polar surface area (TPSA) is 118 Å². The molecule has 1 amide bonds. The van der Waals surface area contributed by atoms with Gasteiger partial charge in [-0.15, -0.1) is 0 Å². The number of hydrogen-bond acceptors (Lipinski definition) is 7. The smallest absolute Gasteiger partial charge is 0.303 e. The second-order valence-corrected chi connectivity index (χ2v) is 10.8. The van der Waals surface area contributed by atoms with E-state index in [1.807, 2.05) is 48.5 Å². The standard InChI is InChI=1S/C31H42N2O7/c1-21-27(18-33-16-4-5-26(33)20-38-2)39-31(40-30(21)24-12-10-23(19-34)11-13-24)25-14-8-22(9-15-25)17-32-28(35)6-3-7-29(36)37/h8-15,21,26-27,30-31,34H,3-7,16-20H2,1-2H3,(H,32,35)(H,36,37)/t21-,26-,27+,30+,31+/m0/s1. The highest BCUT2D eigenvalue weighted by atomic mass is 16.7. The summed E-state index contributed by atoms with van der Waals surface area (Å²) in [6.07, 6.45) is 2.00. The molecule has 3 N–H and O–H groups in total. The third kappa shape index (κ3) is 8.11. The molecule has 0 radical (unpaired) electrons. The summed E-state index contributed by atoms with van der Waals surface area (Å²) in [6.45, 7) is 5.08. The van der Waals surface area contributed by atoms with Crippen molar-refractivity contribution in [2.75, 3.05) is 26.8 Å². The zero-order valence-electron chi connectivity index (χ0n) is 23.5. The first kappa shape index (κ1) is 30.1. The molecular weight excluding hydrogens is 512 g/mol. The maximum absolute atomic E-state index is 12.0. The van der Waals surface area contributed by atoms with Crippen LogP contribution >= 0.6 is 0 Å². The molecule has 5 atom stereocenters. The van der Waals surface area contributed by atoms with E-state index in [0.717, 1.165) is 48.2 Å². The molecule has 2 saturated heterocycles. The molecule has 2 aliphatic heterocycles. The van der Waals surface area contributed by atoms with Crippen LogP contribution in [-0.2, 0) is 37.0 Å². The zero-order chi connectivity index (χ0) is 28.5. The first-order valence-electron chi connectivity index (χ1n) is 14.2. The Kier molecular flexibility index (Phi) is 11.1. The molecule has 2 aliphatic rings. The summed E-state index contributed by atoms with van der Waals surface area (Å²) in [6, 6.07) is 16.2. The number of carboxylic acids is 1. The molecule has 2 aromatic rings. The fraction of sp³-hybridized carbons (Fsp3) is 0.548. The van der Waals surface area contributed by atoms with Gasteiger partial charge in [-0.05, 0) is 42.5 Å². The zero-order valence-corrected chi connectivity index (χ0v) is 23.5. The second-order valence-electron chi connectivity index (χ2n) is 10.8. The predicted octanol–water partition coefficient (Wildman–Crippen LogP) is 3.95. The maximum Gasteiger partial charge on any atom is 0.303 e. The van der Waals surface area contributed by atoms with Crippen LogP contribution in [0, 0.1) is 5.92 Å². The van der Waals surface area contributed by atoms with E-state index >= 15 is 0 Å². The number of rotatable bonds is 13. The molecular formula is C31H42N2O7. The van der Waals surface area contributed by atoms with Crippen molar-refractivity contribution in [1.82, 2.24) is 10.2 Å². The van der Waals surface area contributed by atoms with Crippen molar-refractivity contribution in [3.8, 4) is 0 Å². The van der Waals surface area contributed by atoms with Gasteiger partial charge in [-0.3, -0.25) is 14.5 Å². The molecule has 2 heterocycles. The highest BCUT2D eigenvalue weighted by molar-refractivity contribution is 5.76. The number of methoxy groups -OCH3 is 1. The number of aliphatic hydroxyl groups excluding tert-OH is 1. The first-order valence-corrected chi connectivity index (χ1v) is 14.2. The van der Waals surface area contributed by atoms with E-state index in [4.69, 9.17) is 19.3 Å². The molecule has 9 nitrogen and oxygen atoms in total. The van der Waals surface area contributed by atoms with Crippen LogP contribution in [0.2, 0.25) is 0 Å². The van der Waals surface area contributed by atoms with E-state index in [1.165, 1.54) is 0 Å². The van der Waals surface area contributed by atoms with E-state index in [-0.39, 0.29) is 43.5 Å². The fourth-order valence-corrected chi connectivity index (χ4v) is 5.56. The number of carbonyl (C=O) groups excluding carboxylic acids is 1. The quantitative estimate of drug-likeness (QED) is 0.341. The summed E-state index contributed by atoms with van der Waals surface area (Å²) >= 11 is 0. The van der Waals surface area contributed by atoms with Gasteiger partial charge in [-0.25, -0.2) is 0 Å². The molecule has 2 aromatic carbocycles. The lowest BCUT2D eigenvalue weighted by atomic mass is 9.90. The largest absolute Gasteiger partial charge is 0.481 e. The van der Waals surface area contributed by atoms with Crippen molar-refractivity contribution in [2.24, 2.45) is 5.92 Å². The molecule has 0 unspecified atom stereocenters. The molecule has 0 aliphatic carbocycles. The highest BCUT2D eigenvalue weighted by Gasteiger charge is 2.40. The van der Waals surface area contributed by atoms with Crippen molar-refractivity contribution in [2.45, 2.75) is 76.7 Å². The summed E-state index contributed by atoms with van der Waals surface area (Å²) in [5, 5.41) is 21.1. The number of likely N-dealkylation sites (tertiary alicyclic amines) is 1. The molecule has 218 valence electrons. The molecule has 0 saturated carbocycles. The Morgan fingerprint density at radius 1 is 1.02 bits per heavy atom. The lowest BCUT2D eigenvalue weighted by molar-refractivity contribution is -0.276. The Hall–Kier alpha value is -2.82. The van der Waals surface area contributed by atoms with Crippen LogP contribution in [-0.4, -0.2) is 65.9 Å². The lowest BCUT2D eigenvalue weighted by Crippen LogP contribution is -2.46.